The summed E-state index contributed by atoms with van der Waals surface area (Å²) in [5.41, 5.74) is 1.60. The molecule has 1 aromatic rings. The monoisotopic (exact) mass is 330 g/mol. The number of benzene rings is 1. The van der Waals surface area contributed by atoms with E-state index in [9.17, 15) is 0 Å². The molecule has 1 fully saturated rings. The Kier molecular flexibility index (Phi) is 4.70. The van der Waals surface area contributed by atoms with Crippen molar-refractivity contribution in [1.29, 1.82) is 0 Å². The van der Waals surface area contributed by atoms with Gasteiger partial charge in [0.1, 0.15) is 0 Å². The summed E-state index contributed by atoms with van der Waals surface area (Å²) in [5, 5.41) is 4.22. The third-order valence-corrected chi connectivity index (χ3v) is 5.19. The second-order valence-electron chi connectivity index (χ2n) is 5.34. The maximum atomic E-state index is 6.12. The Morgan fingerprint density at radius 1 is 1.39 bits per heavy atom. The first kappa shape index (κ1) is 14.3. The molecule has 0 spiro atoms. The van der Waals surface area contributed by atoms with Crippen LogP contribution in [0.1, 0.15) is 25.3 Å². The van der Waals surface area contributed by atoms with E-state index in [0.29, 0.717) is 5.54 Å². The van der Waals surface area contributed by atoms with Crippen molar-refractivity contribution in [1.82, 2.24) is 10.2 Å². The average Bonchev–Trinajstić information content (AvgIpc) is 2.37. The Bertz CT molecular complexity index is 414. The maximum absolute atomic E-state index is 6.12. The zero-order chi connectivity index (χ0) is 13.2. The lowest BCUT2D eigenvalue weighted by molar-refractivity contribution is 0.146. The van der Waals surface area contributed by atoms with Gasteiger partial charge in [0, 0.05) is 29.6 Å². The molecular weight excluding hydrogens is 312 g/mol. The van der Waals surface area contributed by atoms with Gasteiger partial charge in [0.05, 0.1) is 5.02 Å². The molecule has 0 saturated carbocycles. The second kappa shape index (κ2) is 5.91. The van der Waals surface area contributed by atoms with Crippen molar-refractivity contribution in [3.63, 3.8) is 0 Å². The van der Waals surface area contributed by atoms with E-state index < -0.39 is 0 Å². The van der Waals surface area contributed by atoms with Crippen molar-refractivity contribution in [2.24, 2.45) is 0 Å². The van der Waals surface area contributed by atoms with E-state index >= 15 is 0 Å². The number of piperidine rings is 1. The molecule has 18 heavy (non-hydrogen) atoms. The number of rotatable bonds is 3. The Morgan fingerprint density at radius 2 is 2.06 bits per heavy atom. The van der Waals surface area contributed by atoms with Gasteiger partial charge in [0.15, 0.2) is 0 Å². The van der Waals surface area contributed by atoms with Crippen LogP contribution in [0.25, 0.3) is 0 Å². The van der Waals surface area contributed by atoms with Crippen LogP contribution in [0.4, 0.5) is 0 Å². The second-order valence-corrected chi connectivity index (χ2v) is 6.60. The molecule has 1 heterocycles. The molecule has 0 amide bonds. The van der Waals surface area contributed by atoms with Crippen molar-refractivity contribution in [3.8, 4) is 0 Å². The van der Waals surface area contributed by atoms with Gasteiger partial charge in [0.25, 0.3) is 0 Å². The van der Waals surface area contributed by atoms with E-state index in [0.717, 1.165) is 29.1 Å². The average molecular weight is 332 g/mol. The molecule has 100 valence electrons. The molecule has 0 radical (unpaired) electrons. The van der Waals surface area contributed by atoms with Crippen LogP contribution in [0, 0.1) is 0 Å². The molecule has 0 aromatic heterocycles. The summed E-state index contributed by atoms with van der Waals surface area (Å²) in [6, 6.07) is 6.22. The van der Waals surface area contributed by atoms with Gasteiger partial charge in [-0.15, -0.1) is 0 Å². The third kappa shape index (κ3) is 3.47. The highest BCUT2D eigenvalue weighted by molar-refractivity contribution is 9.10. The van der Waals surface area contributed by atoms with Crippen LogP contribution < -0.4 is 5.32 Å². The normalized spacial score (nSPS) is 20.0. The standard InChI is InChI=1S/C14H20BrClN2/c1-14(17-2)5-7-18(8-6-14)10-11-3-4-12(15)13(16)9-11/h3-4,9,17H,5-8,10H2,1-2H3. The van der Waals surface area contributed by atoms with Crippen molar-refractivity contribution >= 4 is 27.5 Å². The van der Waals surface area contributed by atoms with E-state index in [1.807, 2.05) is 6.07 Å². The molecule has 1 aliphatic rings. The van der Waals surface area contributed by atoms with Gasteiger partial charge in [-0.2, -0.15) is 0 Å². The fourth-order valence-electron chi connectivity index (χ4n) is 2.35. The number of nitrogens with zero attached hydrogens (tertiary/aromatic N) is 1. The Hall–Kier alpha value is -0.0900. The summed E-state index contributed by atoms with van der Waals surface area (Å²) in [6.45, 7) is 5.59. The molecule has 1 saturated heterocycles. The number of nitrogens with one attached hydrogen (secondary N) is 1. The minimum absolute atomic E-state index is 0.313. The molecule has 0 atom stereocenters. The highest BCUT2D eigenvalue weighted by Gasteiger charge is 2.27. The zero-order valence-corrected chi connectivity index (χ0v) is 13.3. The van der Waals surface area contributed by atoms with Gasteiger partial charge in [-0.25, -0.2) is 0 Å². The molecule has 4 heteroatoms. The molecule has 1 N–H and O–H groups in total. The highest BCUT2D eigenvalue weighted by Crippen LogP contribution is 2.26. The summed E-state index contributed by atoms with van der Waals surface area (Å²) in [6.07, 6.45) is 2.40. The third-order valence-electron chi connectivity index (χ3n) is 3.95. The predicted octanol–water partition coefficient (Wildman–Crippen LogP) is 3.68. The lowest BCUT2D eigenvalue weighted by Gasteiger charge is -2.39. The molecule has 1 aromatic carbocycles. The SMILES string of the molecule is CNC1(C)CCN(Cc2ccc(Br)c(Cl)c2)CC1. The number of hydrogen-bond acceptors (Lipinski definition) is 2. The van der Waals surface area contributed by atoms with Crippen LogP contribution >= 0.6 is 27.5 Å². The first-order chi connectivity index (χ1) is 8.52. The van der Waals surface area contributed by atoms with Gasteiger partial charge < -0.3 is 5.32 Å². The van der Waals surface area contributed by atoms with Crippen LogP contribution in [0.5, 0.6) is 0 Å². The van der Waals surface area contributed by atoms with E-state index in [1.165, 1.54) is 18.4 Å². The molecule has 0 aliphatic carbocycles. The fraction of sp³-hybridized carbons (Fsp3) is 0.571. The summed E-state index contributed by atoms with van der Waals surface area (Å²) in [4.78, 5) is 2.50. The zero-order valence-electron chi connectivity index (χ0n) is 11.0. The smallest absolute Gasteiger partial charge is 0.0551 e. The lowest BCUT2D eigenvalue weighted by Crippen LogP contribution is -2.49. The largest absolute Gasteiger partial charge is 0.314 e. The molecule has 1 aliphatic heterocycles. The van der Waals surface area contributed by atoms with Crippen LogP contribution in [0.2, 0.25) is 5.02 Å². The van der Waals surface area contributed by atoms with E-state index in [1.54, 1.807) is 0 Å². The summed E-state index contributed by atoms with van der Waals surface area (Å²) in [7, 11) is 2.06. The summed E-state index contributed by atoms with van der Waals surface area (Å²) in [5.74, 6) is 0. The van der Waals surface area contributed by atoms with Crippen LogP contribution in [0.15, 0.2) is 22.7 Å². The molecule has 2 rings (SSSR count). The topological polar surface area (TPSA) is 15.3 Å². The number of likely N-dealkylation sites (tertiary alicyclic amines) is 1. The van der Waals surface area contributed by atoms with Crippen molar-refractivity contribution in [3.05, 3.63) is 33.3 Å². The minimum Gasteiger partial charge on any atom is -0.314 e. The Morgan fingerprint density at radius 3 is 2.61 bits per heavy atom. The highest BCUT2D eigenvalue weighted by atomic mass is 79.9. The predicted molar refractivity (Wildman–Crippen MR) is 81.1 cm³/mol. The first-order valence-corrected chi connectivity index (χ1v) is 7.55. The van der Waals surface area contributed by atoms with Crippen molar-refractivity contribution in [2.45, 2.75) is 31.8 Å². The van der Waals surface area contributed by atoms with Gasteiger partial charge in [-0.05, 0) is 60.4 Å². The van der Waals surface area contributed by atoms with Gasteiger partial charge in [-0.1, -0.05) is 17.7 Å². The molecular formula is C14H20BrClN2. The van der Waals surface area contributed by atoms with Crippen LogP contribution in [-0.4, -0.2) is 30.6 Å². The van der Waals surface area contributed by atoms with Crippen LogP contribution in [-0.2, 0) is 6.54 Å². The van der Waals surface area contributed by atoms with Gasteiger partial charge in [0.2, 0.25) is 0 Å². The molecule has 2 nitrogen and oxygen atoms in total. The van der Waals surface area contributed by atoms with E-state index in [4.69, 9.17) is 11.6 Å². The lowest BCUT2D eigenvalue weighted by atomic mass is 9.90. The number of hydrogen-bond donors (Lipinski definition) is 1. The Labute approximate surface area is 123 Å². The molecule has 0 unspecified atom stereocenters. The summed E-state index contributed by atoms with van der Waals surface area (Å²) < 4.78 is 0.967. The fourth-order valence-corrected chi connectivity index (χ4v) is 2.80. The maximum Gasteiger partial charge on any atom is 0.0551 e. The minimum atomic E-state index is 0.313. The first-order valence-electron chi connectivity index (χ1n) is 6.38. The van der Waals surface area contributed by atoms with Crippen molar-refractivity contribution < 1.29 is 0 Å². The molecule has 0 bridgehead atoms. The Balaban J connectivity index is 1.93. The number of halogens is 2. The summed E-state index contributed by atoms with van der Waals surface area (Å²) >= 11 is 9.55. The van der Waals surface area contributed by atoms with Gasteiger partial charge in [-0.3, -0.25) is 4.90 Å². The van der Waals surface area contributed by atoms with E-state index in [-0.39, 0.29) is 0 Å². The van der Waals surface area contributed by atoms with Crippen LogP contribution in [0.3, 0.4) is 0 Å². The quantitative estimate of drug-likeness (QED) is 0.909. The van der Waals surface area contributed by atoms with E-state index in [2.05, 4.69) is 52.3 Å². The van der Waals surface area contributed by atoms with Gasteiger partial charge >= 0.3 is 0 Å². The van der Waals surface area contributed by atoms with Crippen molar-refractivity contribution in [2.75, 3.05) is 20.1 Å².